The zero-order valence-corrected chi connectivity index (χ0v) is 8.58. The Kier molecular flexibility index (Phi) is 3.49. The highest BCUT2D eigenvalue weighted by molar-refractivity contribution is 6.33. The number of halogens is 2. The number of rotatable bonds is 3. The minimum absolute atomic E-state index is 0.118. The molecule has 1 aromatic carbocycles. The van der Waals surface area contributed by atoms with Crippen LogP contribution in [0.4, 0.5) is 4.39 Å². The van der Waals surface area contributed by atoms with Crippen LogP contribution in [0.2, 0.25) is 5.02 Å². The SMILES string of the molecule is COc1ccc(F)c(C(N)C(=O)O)c1Cl. The number of carboxylic acid groups (broad SMARTS) is 1. The van der Waals surface area contributed by atoms with E-state index in [0.29, 0.717) is 0 Å². The molecule has 82 valence electrons. The van der Waals surface area contributed by atoms with Crippen molar-refractivity contribution in [2.24, 2.45) is 5.73 Å². The molecule has 3 N–H and O–H groups in total. The van der Waals surface area contributed by atoms with Gasteiger partial charge in [-0.1, -0.05) is 11.6 Å². The van der Waals surface area contributed by atoms with E-state index < -0.39 is 17.8 Å². The summed E-state index contributed by atoms with van der Waals surface area (Å²) in [5.74, 6) is -1.94. The van der Waals surface area contributed by atoms with Gasteiger partial charge in [-0.05, 0) is 12.1 Å². The molecule has 1 aromatic rings. The highest BCUT2D eigenvalue weighted by Gasteiger charge is 2.23. The monoisotopic (exact) mass is 233 g/mol. The lowest BCUT2D eigenvalue weighted by molar-refractivity contribution is -0.138. The predicted molar refractivity (Wildman–Crippen MR) is 52.5 cm³/mol. The molecule has 15 heavy (non-hydrogen) atoms. The van der Waals surface area contributed by atoms with Gasteiger partial charge < -0.3 is 15.6 Å². The summed E-state index contributed by atoms with van der Waals surface area (Å²) < 4.78 is 18.1. The summed E-state index contributed by atoms with van der Waals surface area (Å²) in [5.41, 5.74) is 5.01. The number of ether oxygens (including phenoxy) is 1. The molecular weight excluding hydrogens is 225 g/mol. The largest absolute Gasteiger partial charge is 0.495 e. The highest BCUT2D eigenvalue weighted by Crippen LogP contribution is 2.33. The van der Waals surface area contributed by atoms with Gasteiger partial charge in [0, 0.05) is 5.56 Å². The third-order valence-electron chi connectivity index (χ3n) is 1.89. The van der Waals surface area contributed by atoms with E-state index in [1.165, 1.54) is 13.2 Å². The van der Waals surface area contributed by atoms with Gasteiger partial charge >= 0.3 is 5.97 Å². The van der Waals surface area contributed by atoms with E-state index in [9.17, 15) is 9.18 Å². The molecule has 0 fully saturated rings. The van der Waals surface area contributed by atoms with Gasteiger partial charge in [0.15, 0.2) is 0 Å². The third kappa shape index (κ3) is 2.19. The van der Waals surface area contributed by atoms with E-state index in [0.717, 1.165) is 6.07 Å². The molecule has 6 heteroatoms. The molecule has 0 saturated heterocycles. The number of nitrogens with two attached hydrogens (primary N) is 1. The Balaban J connectivity index is 3.32. The van der Waals surface area contributed by atoms with Gasteiger partial charge in [0.2, 0.25) is 0 Å². The zero-order chi connectivity index (χ0) is 11.6. The van der Waals surface area contributed by atoms with Gasteiger partial charge in [-0.2, -0.15) is 0 Å². The first-order valence-corrected chi connectivity index (χ1v) is 4.37. The molecule has 0 aromatic heterocycles. The molecule has 0 saturated carbocycles. The van der Waals surface area contributed by atoms with Crippen molar-refractivity contribution < 1.29 is 19.0 Å². The number of carboxylic acids is 1. The van der Waals surface area contributed by atoms with Gasteiger partial charge in [0.05, 0.1) is 12.1 Å². The quantitative estimate of drug-likeness (QED) is 0.831. The van der Waals surface area contributed by atoms with Crippen LogP contribution in [0.5, 0.6) is 5.75 Å². The number of carbonyl (C=O) groups is 1. The molecule has 0 aliphatic rings. The molecule has 0 bridgehead atoms. The standard InChI is InChI=1S/C9H9ClFNO3/c1-15-5-3-2-4(11)6(7(5)10)8(12)9(13)14/h2-3,8H,12H2,1H3,(H,13,14). The first-order chi connectivity index (χ1) is 6.99. The van der Waals surface area contributed by atoms with Crippen LogP contribution in [0.1, 0.15) is 11.6 Å². The number of hydrogen-bond acceptors (Lipinski definition) is 3. The summed E-state index contributed by atoms with van der Waals surface area (Å²) >= 11 is 5.74. The van der Waals surface area contributed by atoms with Crippen molar-refractivity contribution in [3.05, 3.63) is 28.5 Å². The van der Waals surface area contributed by atoms with E-state index in [1.54, 1.807) is 0 Å². The Bertz CT molecular complexity index is 397. The van der Waals surface area contributed by atoms with Gasteiger partial charge in [0.1, 0.15) is 17.6 Å². The fourth-order valence-electron chi connectivity index (χ4n) is 1.12. The molecule has 1 rings (SSSR count). The van der Waals surface area contributed by atoms with E-state index in [4.69, 9.17) is 27.2 Å². The minimum atomic E-state index is -1.51. The van der Waals surface area contributed by atoms with Gasteiger partial charge in [0.25, 0.3) is 0 Å². The van der Waals surface area contributed by atoms with Crippen LogP contribution in [0.15, 0.2) is 12.1 Å². The fraction of sp³-hybridized carbons (Fsp3) is 0.222. The van der Waals surface area contributed by atoms with E-state index in [1.807, 2.05) is 0 Å². The van der Waals surface area contributed by atoms with Crippen LogP contribution in [0.3, 0.4) is 0 Å². The van der Waals surface area contributed by atoms with Crippen molar-refractivity contribution in [3.8, 4) is 5.75 Å². The smallest absolute Gasteiger partial charge is 0.325 e. The Morgan fingerprint density at radius 2 is 2.27 bits per heavy atom. The second-order valence-corrected chi connectivity index (χ2v) is 3.17. The van der Waals surface area contributed by atoms with Crippen LogP contribution < -0.4 is 10.5 Å². The maximum atomic E-state index is 13.3. The van der Waals surface area contributed by atoms with Crippen LogP contribution in [0, 0.1) is 5.82 Å². The molecule has 1 atom stereocenters. The summed E-state index contributed by atoms with van der Waals surface area (Å²) in [6.07, 6.45) is 0. The molecule has 0 aliphatic carbocycles. The zero-order valence-electron chi connectivity index (χ0n) is 7.83. The van der Waals surface area contributed by atoms with Crippen molar-refractivity contribution in [2.45, 2.75) is 6.04 Å². The molecule has 0 heterocycles. The lowest BCUT2D eigenvalue weighted by atomic mass is 10.1. The predicted octanol–water partition coefficient (Wildman–Crippen LogP) is 1.57. The van der Waals surface area contributed by atoms with Crippen LogP contribution >= 0.6 is 11.6 Å². The van der Waals surface area contributed by atoms with Crippen LogP contribution in [-0.2, 0) is 4.79 Å². The number of aliphatic carboxylic acids is 1. The maximum Gasteiger partial charge on any atom is 0.325 e. The van der Waals surface area contributed by atoms with Crippen molar-refractivity contribution in [1.29, 1.82) is 0 Å². The summed E-state index contributed by atoms with van der Waals surface area (Å²) in [6.45, 7) is 0. The average molecular weight is 234 g/mol. The number of benzene rings is 1. The molecule has 0 aliphatic heterocycles. The van der Waals surface area contributed by atoms with Crippen LogP contribution in [-0.4, -0.2) is 18.2 Å². The normalized spacial score (nSPS) is 12.3. The Labute approximate surface area is 90.4 Å². The van der Waals surface area contributed by atoms with Crippen molar-refractivity contribution in [3.63, 3.8) is 0 Å². The summed E-state index contributed by atoms with van der Waals surface area (Å²) in [5, 5.41) is 8.54. The van der Waals surface area contributed by atoms with Crippen molar-refractivity contribution in [1.82, 2.24) is 0 Å². The lowest BCUT2D eigenvalue weighted by Crippen LogP contribution is -2.22. The van der Waals surface area contributed by atoms with Crippen LogP contribution in [0.25, 0.3) is 0 Å². The first-order valence-electron chi connectivity index (χ1n) is 3.99. The molecule has 0 spiro atoms. The van der Waals surface area contributed by atoms with Crippen molar-refractivity contribution >= 4 is 17.6 Å². The van der Waals surface area contributed by atoms with Gasteiger partial charge in [-0.3, -0.25) is 4.79 Å². The molecule has 0 amide bonds. The average Bonchev–Trinajstić information content (AvgIpc) is 2.17. The summed E-state index contributed by atoms with van der Waals surface area (Å²) in [6, 6.07) is 0.853. The Morgan fingerprint density at radius 3 is 2.73 bits per heavy atom. The third-order valence-corrected chi connectivity index (χ3v) is 2.28. The van der Waals surface area contributed by atoms with Gasteiger partial charge in [-0.15, -0.1) is 0 Å². The van der Waals surface area contributed by atoms with Crippen molar-refractivity contribution in [2.75, 3.05) is 7.11 Å². The van der Waals surface area contributed by atoms with Gasteiger partial charge in [-0.25, -0.2) is 4.39 Å². The topological polar surface area (TPSA) is 72.5 Å². The molecule has 4 nitrogen and oxygen atoms in total. The molecule has 0 radical (unpaired) electrons. The fourth-order valence-corrected chi connectivity index (χ4v) is 1.46. The van der Waals surface area contributed by atoms with E-state index in [2.05, 4.69) is 0 Å². The lowest BCUT2D eigenvalue weighted by Gasteiger charge is -2.12. The molecule has 1 unspecified atom stereocenters. The summed E-state index contributed by atoms with van der Waals surface area (Å²) in [7, 11) is 1.34. The first kappa shape index (κ1) is 11.7. The summed E-state index contributed by atoms with van der Waals surface area (Å²) in [4.78, 5) is 10.6. The maximum absolute atomic E-state index is 13.3. The second kappa shape index (κ2) is 4.46. The minimum Gasteiger partial charge on any atom is -0.495 e. The Morgan fingerprint density at radius 1 is 1.67 bits per heavy atom. The number of methoxy groups -OCH3 is 1. The van der Waals surface area contributed by atoms with E-state index >= 15 is 0 Å². The Hall–Kier alpha value is -1.33. The van der Waals surface area contributed by atoms with E-state index in [-0.39, 0.29) is 16.3 Å². The highest BCUT2D eigenvalue weighted by atomic mass is 35.5. The number of hydrogen-bond donors (Lipinski definition) is 2. The second-order valence-electron chi connectivity index (χ2n) is 2.79. The molecular formula is C9H9ClFNO3.